The summed E-state index contributed by atoms with van der Waals surface area (Å²) in [6.45, 7) is 2.88. The molecule has 1 N–H and O–H groups in total. The molecule has 2 atom stereocenters. The van der Waals surface area contributed by atoms with Crippen molar-refractivity contribution < 1.29 is 18.9 Å². The highest BCUT2D eigenvalue weighted by Gasteiger charge is 2.33. The zero-order valence-electron chi connectivity index (χ0n) is 21.8. The number of tetrazole rings is 1. The third-order valence-electron chi connectivity index (χ3n) is 6.75. The van der Waals surface area contributed by atoms with Crippen molar-refractivity contribution in [2.45, 2.75) is 38.1 Å². The number of benzene rings is 1. The van der Waals surface area contributed by atoms with Crippen LogP contribution in [0.25, 0.3) is 10.9 Å². The molecule has 12 heteroatoms. The highest BCUT2D eigenvalue weighted by Crippen LogP contribution is 2.34. The van der Waals surface area contributed by atoms with Gasteiger partial charge in [0.2, 0.25) is 0 Å². The van der Waals surface area contributed by atoms with Gasteiger partial charge in [0.1, 0.15) is 6.04 Å². The van der Waals surface area contributed by atoms with Crippen LogP contribution in [0.4, 0.5) is 0 Å². The molecule has 11 nitrogen and oxygen atoms in total. The van der Waals surface area contributed by atoms with Crippen molar-refractivity contribution in [3.8, 4) is 11.5 Å². The standard InChI is InChI=1S/C26H32N6O5S/c1-34-10-8-32-25(28-29-30-32)24(31(15-18-6-4-9-37-18)16-19-7-5-11-38-19)20-12-17-13-22(35-2)23(36-3)14-21(17)27-26(20)33/h5,7,11-14,18,24H,4,6,8-10,15-16H2,1-3H3,(H,27,33)/t18-,24+/m0/s1. The Bertz CT molecular complexity index is 1400. The van der Waals surface area contributed by atoms with Crippen LogP contribution in [-0.2, 0) is 22.6 Å². The van der Waals surface area contributed by atoms with Gasteiger partial charge in [-0.1, -0.05) is 6.07 Å². The first-order valence-electron chi connectivity index (χ1n) is 12.5. The molecule has 3 aromatic heterocycles. The first kappa shape index (κ1) is 26.3. The van der Waals surface area contributed by atoms with E-state index in [0.717, 1.165) is 24.8 Å². The van der Waals surface area contributed by atoms with E-state index >= 15 is 0 Å². The minimum Gasteiger partial charge on any atom is -0.493 e. The van der Waals surface area contributed by atoms with Crippen molar-refractivity contribution in [3.05, 3.63) is 62.3 Å². The van der Waals surface area contributed by atoms with E-state index in [2.05, 4.69) is 36.9 Å². The smallest absolute Gasteiger partial charge is 0.253 e. The zero-order valence-corrected chi connectivity index (χ0v) is 22.6. The number of ether oxygens (including phenoxy) is 4. The van der Waals surface area contributed by atoms with E-state index in [0.29, 0.717) is 54.6 Å². The summed E-state index contributed by atoms with van der Waals surface area (Å²) in [5.74, 6) is 1.69. The third kappa shape index (κ3) is 5.58. The van der Waals surface area contributed by atoms with Crippen molar-refractivity contribution in [1.29, 1.82) is 0 Å². The fraction of sp³-hybridized carbons (Fsp3) is 0.462. The molecule has 4 heterocycles. The SMILES string of the molecule is COCCn1nnnc1[C@@H](c1cc2cc(OC)c(OC)cc2[nH]c1=O)N(Cc1cccs1)C[C@@H]1CCCO1. The van der Waals surface area contributed by atoms with Crippen LogP contribution in [0.2, 0.25) is 0 Å². The number of H-pyrrole nitrogens is 1. The van der Waals surface area contributed by atoms with Gasteiger partial charge >= 0.3 is 0 Å². The van der Waals surface area contributed by atoms with Crippen LogP contribution in [0.3, 0.4) is 0 Å². The maximum atomic E-state index is 13.7. The van der Waals surface area contributed by atoms with Gasteiger partial charge in [0.15, 0.2) is 17.3 Å². The van der Waals surface area contributed by atoms with Crippen LogP contribution < -0.4 is 15.0 Å². The lowest BCUT2D eigenvalue weighted by atomic mass is 10.0. The van der Waals surface area contributed by atoms with Crippen molar-refractivity contribution in [1.82, 2.24) is 30.1 Å². The Morgan fingerprint density at radius 2 is 2.08 bits per heavy atom. The first-order chi connectivity index (χ1) is 18.6. The number of hydrogen-bond acceptors (Lipinski definition) is 10. The van der Waals surface area contributed by atoms with Crippen molar-refractivity contribution >= 4 is 22.2 Å². The maximum absolute atomic E-state index is 13.7. The summed E-state index contributed by atoms with van der Waals surface area (Å²) in [6.07, 6.45) is 2.05. The number of pyridine rings is 1. The fourth-order valence-electron chi connectivity index (χ4n) is 4.91. The van der Waals surface area contributed by atoms with Crippen LogP contribution in [0.15, 0.2) is 40.5 Å². The van der Waals surface area contributed by atoms with Gasteiger partial charge < -0.3 is 23.9 Å². The molecule has 0 spiro atoms. The molecule has 0 amide bonds. The predicted molar refractivity (Wildman–Crippen MR) is 143 cm³/mol. The van der Waals surface area contributed by atoms with Gasteiger partial charge in [-0.2, -0.15) is 0 Å². The summed E-state index contributed by atoms with van der Waals surface area (Å²) >= 11 is 1.68. The summed E-state index contributed by atoms with van der Waals surface area (Å²) in [7, 11) is 4.80. The van der Waals surface area contributed by atoms with E-state index in [-0.39, 0.29) is 11.7 Å². The molecule has 0 radical (unpaired) electrons. The average molecular weight is 541 g/mol. The summed E-state index contributed by atoms with van der Waals surface area (Å²) in [4.78, 5) is 20.2. The molecule has 1 saturated heterocycles. The fourth-order valence-corrected chi connectivity index (χ4v) is 5.64. The normalized spacial score (nSPS) is 16.4. The van der Waals surface area contributed by atoms with Crippen LogP contribution in [0, 0.1) is 0 Å². The number of rotatable bonds is 12. The van der Waals surface area contributed by atoms with E-state index in [1.165, 1.54) is 4.88 Å². The molecular weight excluding hydrogens is 508 g/mol. The lowest BCUT2D eigenvalue weighted by molar-refractivity contribution is 0.0573. The van der Waals surface area contributed by atoms with Gasteiger partial charge in [0.25, 0.3) is 5.56 Å². The Balaban J connectivity index is 1.66. The Morgan fingerprint density at radius 1 is 1.24 bits per heavy atom. The quantitative estimate of drug-likeness (QED) is 0.289. The lowest BCUT2D eigenvalue weighted by Crippen LogP contribution is -2.39. The van der Waals surface area contributed by atoms with E-state index < -0.39 is 6.04 Å². The van der Waals surface area contributed by atoms with Gasteiger partial charge in [-0.25, -0.2) is 4.68 Å². The minimum atomic E-state index is -0.533. The van der Waals surface area contributed by atoms with Crippen LogP contribution in [0.5, 0.6) is 11.5 Å². The molecule has 5 rings (SSSR count). The molecule has 38 heavy (non-hydrogen) atoms. The number of nitrogens with zero attached hydrogens (tertiary/aromatic N) is 5. The molecule has 1 aliphatic rings. The zero-order chi connectivity index (χ0) is 26.5. The molecule has 0 aliphatic carbocycles. The Kier molecular flexibility index (Phi) is 8.32. The Morgan fingerprint density at radius 3 is 2.79 bits per heavy atom. The number of aromatic amines is 1. The summed E-state index contributed by atoms with van der Waals surface area (Å²) in [5.41, 5.74) is 0.963. The maximum Gasteiger partial charge on any atom is 0.253 e. The van der Waals surface area contributed by atoms with Gasteiger partial charge in [0.05, 0.1) is 39.0 Å². The van der Waals surface area contributed by atoms with Gasteiger partial charge in [-0.05, 0) is 46.8 Å². The summed E-state index contributed by atoms with van der Waals surface area (Å²) < 4.78 is 24.0. The summed E-state index contributed by atoms with van der Waals surface area (Å²) in [5, 5.41) is 15.5. The second kappa shape index (κ2) is 12.0. The highest BCUT2D eigenvalue weighted by atomic mass is 32.1. The molecule has 202 valence electrons. The Hall–Kier alpha value is -3.32. The number of methoxy groups -OCH3 is 3. The molecular formula is C26H32N6O5S. The second-order valence-electron chi connectivity index (χ2n) is 9.15. The van der Waals surface area contributed by atoms with Crippen LogP contribution in [0.1, 0.15) is 35.1 Å². The number of fused-ring (bicyclic) bond motifs is 1. The second-order valence-corrected chi connectivity index (χ2v) is 10.2. The van der Waals surface area contributed by atoms with Crippen molar-refractivity contribution in [2.24, 2.45) is 0 Å². The van der Waals surface area contributed by atoms with Gasteiger partial charge in [-0.3, -0.25) is 9.69 Å². The number of thiophene rings is 1. The van der Waals surface area contributed by atoms with E-state index in [1.54, 1.807) is 43.4 Å². The topological polar surface area (TPSA) is 117 Å². The molecule has 0 bridgehead atoms. The molecule has 4 aromatic rings. The number of hydrogen-bond donors (Lipinski definition) is 1. The lowest BCUT2D eigenvalue weighted by Gasteiger charge is -2.32. The molecule has 0 saturated carbocycles. The molecule has 1 fully saturated rings. The highest BCUT2D eigenvalue weighted by molar-refractivity contribution is 7.09. The van der Waals surface area contributed by atoms with E-state index in [9.17, 15) is 4.79 Å². The predicted octanol–water partition coefficient (Wildman–Crippen LogP) is 3.01. The van der Waals surface area contributed by atoms with E-state index in [4.69, 9.17) is 18.9 Å². The van der Waals surface area contributed by atoms with Crippen LogP contribution >= 0.6 is 11.3 Å². The van der Waals surface area contributed by atoms with Crippen molar-refractivity contribution in [3.63, 3.8) is 0 Å². The van der Waals surface area contributed by atoms with Gasteiger partial charge in [-0.15, -0.1) is 16.4 Å². The molecule has 0 unspecified atom stereocenters. The third-order valence-corrected chi connectivity index (χ3v) is 7.61. The monoisotopic (exact) mass is 540 g/mol. The van der Waals surface area contributed by atoms with Crippen LogP contribution in [-0.4, -0.2) is 77.3 Å². The van der Waals surface area contributed by atoms with Gasteiger partial charge in [0, 0.05) is 48.7 Å². The number of aromatic nitrogens is 5. The largest absolute Gasteiger partial charge is 0.493 e. The molecule has 1 aromatic carbocycles. The van der Waals surface area contributed by atoms with E-state index in [1.807, 2.05) is 18.2 Å². The first-order valence-corrected chi connectivity index (χ1v) is 13.4. The average Bonchev–Trinajstić information content (AvgIpc) is 3.71. The summed E-state index contributed by atoms with van der Waals surface area (Å²) in [6, 6.07) is 9.13. The number of nitrogens with one attached hydrogen (secondary N) is 1. The van der Waals surface area contributed by atoms with Crippen molar-refractivity contribution in [2.75, 3.05) is 41.1 Å². The molecule has 1 aliphatic heterocycles. The minimum absolute atomic E-state index is 0.0599. The Labute approximate surface area is 224 Å².